The molecule has 3 rings (SSSR count). The minimum absolute atomic E-state index is 0.128. The number of benzene rings is 1. The van der Waals surface area contributed by atoms with Crippen molar-refractivity contribution in [1.29, 1.82) is 0 Å². The van der Waals surface area contributed by atoms with Gasteiger partial charge in [0.05, 0.1) is 13.2 Å². The SMILES string of the molecule is O=c1cc(-c2ccc(F)cc2)oc(N2CCOCC2)c1. The molecule has 0 amide bonds. The van der Waals surface area contributed by atoms with Crippen molar-refractivity contribution < 1.29 is 13.5 Å². The Hall–Kier alpha value is -2.14. The average Bonchev–Trinajstić information content (AvgIpc) is 2.48. The molecule has 0 unspecified atom stereocenters. The van der Waals surface area contributed by atoms with E-state index in [-0.39, 0.29) is 11.2 Å². The van der Waals surface area contributed by atoms with Gasteiger partial charge in [-0.15, -0.1) is 0 Å². The van der Waals surface area contributed by atoms with Crippen LogP contribution in [0.1, 0.15) is 0 Å². The molecular weight excluding hydrogens is 261 g/mol. The lowest BCUT2D eigenvalue weighted by molar-refractivity contribution is 0.120. The fourth-order valence-corrected chi connectivity index (χ4v) is 2.16. The second-order valence-corrected chi connectivity index (χ2v) is 4.60. The number of hydrogen-bond acceptors (Lipinski definition) is 4. The molecule has 1 aliphatic heterocycles. The molecule has 2 aromatic rings. The maximum absolute atomic E-state index is 12.9. The summed E-state index contributed by atoms with van der Waals surface area (Å²) in [7, 11) is 0. The summed E-state index contributed by atoms with van der Waals surface area (Å²) in [6.07, 6.45) is 0. The van der Waals surface area contributed by atoms with Crippen molar-refractivity contribution in [3.8, 4) is 11.3 Å². The highest BCUT2D eigenvalue weighted by Crippen LogP contribution is 2.23. The first kappa shape index (κ1) is 12.9. The summed E-state index contributed by atoms with van der Waals surface area (Å²) in [4.78, 5) is 13.8. The number of rotatable bonds is 2. The van der Waals surface area contributed by atoms with Gasteiger partial charge in [0.2, 0.25) is 0 Å². The lowest BCUT2D eigenvalue weighted by atomic mass is 10.1. The molecule has 0 saturated carbocycles. The highest BCUT2D eigenvalue weighted by Gasteiger charge is 2.15. The molecule has 1 fully saturated rings. The Morgan fingerprint density at radius 1 is 1.05 bits per heavy atom. The first-order valence-corrected chi connectivity index (χ1v) is 6.46. The molecule has 0 radical (unpaired) electrons. The number of nitrogens with zero attached hydrogens (tertiary/aromatic N) is 1. The summed E-state index contributed by atoms with van der Waals surface area (Å²) in [5.74, 6) is 0.652. The van der Waals surface area contributed by atoms with Crippen molar-refractivity contribution in [3.63, 3.8) is 0 Å². The molecule has 0 bridgehead atoms. The van der Waals surface area contributed by atoms with Crippen molar-refractivity contribution in [1.82, 2.24) is 0 Å². The molecule has 0 spiro atoms. The third kappa shape index (κ3) is 2.72. The molecule has 20 heavy (non-hydrogen) atoms. The van der Waals surface area contributed by atoms with Crippen LogP contribution in [-0.4, -0.2) is 26.3 Å². The Kier molecular flexibility index (Phi) is 3.52. The molecule has 5 heteroatoms. The molecule has 1 saturated heterocycles. The van der Waals surface area contributed by atoms with Crippen molar-refractivity contribution in [3.05, 3.63) is 52.4 Å². The lowest BCUT2D eigenvalue weighted by Crippen LogP contribution is -2.36. The monoisotopic (exact) mass is 275 g/mol. The highest BCUT2D eigenvalue weighted by atomic mass is 19.1. The minimum Gasteiger partial charge on any atom is -0.440 e. The van der Waals surface area contributed by atoms with Gasteiger partial charge < -0.3 is 14.1 Å². The van der Waals surface area contributed by atoms with Gasteiger partial charge in [-0.05, 0) is 24.3 Å². The van der Waals surface area contributed by atoms with Crippen LogP contribution in [0, 0.1) is 5.82 Å². The number of morpholine rings is 1. The minimum atomic E-state index is -0.319. The van der Waals surface area contributed by atoms with Gasteiger partial charge in [-0.2, -0.15) is 0 Å². The van der Waals surface area contributed by atoms with Crippen LogP contribution in [0.5, 0.6) is 0 Å². The lowest BCUT2D eigenvalue weighted by Gasteiger charge is -2.27. The molecule has 0 atom stereocenters. The first-order chi connectivity index (χ1) is 9.72. The summed E-state index contributed by atoms with van der Waals surface area (Å²) in [5, 5.41) is 0. The molecule has 1 aliphatic rings. The molecule has 0 N–H and O–H groups in total. The van der Waals surface area contributed by atoms with Crippen LogP contribution in [0.15, 0.2) is 45.6 Å². The summed E-state index contributed by atoms with van der Waals surface area (Å²) in [5.41, 5.74) is 0.552. The van der Waals surface area contributed by atoms with Crippen LogP contribution in [0.4, 0.5) is 10.3 Å². The molecule has 2 heterocycles. The third-order valence-corrected chi connectivity index (χ3v) is 3.21. The summed E-state index contributed by atoms with van der Waals surface area (Å²) in [6, 6.07) is 8.76. The second kappa shape index (κ2) is 5.46. The van der Waals surface area contributed by atoms with E-state index in [1.807, 2.05) is 4.90 Å². The van der Waals surface area contributed by atoms with Crippen LogP contribution < -0.4 is 10.3 Å². The summed E-state index contributed by atoms with van der Waals surface area (Å²) >= 11 is 0. The largest absolute Gasteiger partial charge is 0.440 e. The fraction of sp³-hybridized carbons (Fsp3) is 0.267. The molecule has 1 aromatic heterocycles. The number of anilines is 1. The van der Waals surface area contributed by atoms with Gasteiger partial charge in [-0.3, -0.25) is 4.79 Å². The van der Waals surface area contributed by atoms with E-state index >= 15 is 0 Å². The Bertz CT molecular complexity index is 645. The highest BCUT2D eigenvalue weighted by molar-refractivity contribution is 5.58. The topological polar surface area (TPSA) is 42.7 Å². The van der Waals surface area contributed by atoms with E-state index in [1.54, 1.807) is 12.1 Å². The second-order valence-electron chi connectivity index (χ2n) is 4.60. The van der Waals surface area contributed by atoms with Crippen LogP contribution in [0.25, 0.3) is 11.3 Å². The number of hydrogen-bond donors (Lipinski definition) is 0. The van der Waals surface area contributed by atoms with Crippen LogP contribution in [0.2, 0.25) is 0 Å². The number of ether oxygens (including phenoxy) is 1. The van der Waals surface area contributed by atoms with E-state index in [0.29, 0.717) is 43.5 Å². The fourth-order valence-electron chi connectivity index (χ4n) is 2.16. The molecule has 1 aromatic carbocycles. The normalized spacial score (nSPS) is 15.3. The van der Waals surface area contributed by atoms with Gasteiger partial charge in [0.25, 0.3) is 0 Å². The van der Waals surface area contributed by atoms with Crippen molar-refractivity contribution >= 4 is 5.88 Å². The van der Waals surface area contributed by atoms with Gasteiger partial charge in [0.15, 0.2) is 11.3 Å². The van der Waals surface area contributed by atoms with E-state index in [4.69, 9.17) is 9.15 Å². The van der Waals surface area contributed by atoms with E-state index in [2.05, 4.69) is 0 Å². The van der Waals surface area contributed by atoms with E-state index in [9.17, 15) is 9.18 Å². The number of halogens is 1. The Morgan fingerprint density at radius 3 is 2.45 bits per heavy atom. The maximum atomic E-state index is 12.9. The van der Waals surface area contributed by atoms with Crippen molar-refractivity contribution in [2.45, 2.75) is 0 Å². The standard InChI is InChI=1S/C15H14FNO3/c16-12-3-1-11(2-4-12)14-9-13(18)10-15(20-14)17-5-7-19-8-6-17/h1-4,9-10H,5-8H2. The Balaban J connectivity index is 1.97. The van der Waals surface area contributed by atoms with Crippen molar-refractivity contribution in [2.75, 3.05) is 31.2 Å². The Labute approximate surface area is 115 Å². The maximum Gasteiger partial charge on any atom is 0.200 e. The molecule has 104 valence electrons. The summed E-state index contributed by atoms with van der Waals surface area (Å²) < 4.78 is 24.0. The van der Waals surface area contributed by atoms with Gasteiger partial charge in [-0.25, -0.2) is 4.39 Å². The van der Waals surface area contributed by atoms with Crippen molar-refractivity contribution in [2.24, 2.45) is 0 Å². The third-order valence-electron chi connectivity index (χ3n) is 3.21. The van der Waals surface area contributed by atoms with Gasteiger partial charge in [-0.1, -0.05) is 0 Å². The van der Waals surface area contributed by atoms with E-state index in [0.717, 1.165) is 0 Å². The summed E-state index contributed by atoms with van der Waals surface area (Å²) in [6.45, 7) is 2.61. The predicted molar refractivity (Wildman–Crippen MR) is 73.4 cm³/mol. The smallest absolute Gasteiger partial charge is 0.200 e. The molecule has 0 aliphatic carbocycles. The first-order valence-electron chi connectivity index (χ1n) is 6.46. The van der Waals surface area contributed by atoms with E-state index in [1.165, 1.54) is 24.3 Å². The average molecular weight is 275 g/mol. The van der Waals surface area contributed by atoms with Crippen LogP contribution in [0.3, 0.4) is 0 Å². The zero-order valence-electron chi connectivity index (χ0n) is 10.8. The predicted octanol–water partition coefficient (Wildman–Crippen LogP) is 2.28. The zero-order chi connectivity index (χ0) is 13.9. The van der Waals surface area contributed by atoms with Crippen LogP contribution in [-0.2, 0) is 4.74 Å². The quantitative estimate of drug-likeness (QED) is 0.843. The zero-order valence-corrected chi connectivity index (χ0v) is 10.8. The van der Waals surface area contributed by atoms with Crippen LogP contribution >= 0.6 is 0 Å². The van der Waals surface area contributed by atoms with Gasteiger partial charge in [0.1, 0.15) is 11.6 Å². The molecular formula is C15H14FNO3. The Morgan fingerprint density at radius 2 is 1.75 bits per heavy atom. The molecule has 4 nitrogen and oxygen atoms in total. The van der Waals surface area contributed by atoms with Gasteiger partial charge in [0, 0.05) is 30.8 Å². The van der Waals surface area contributed by atoms with E-state index < -0.39 is 0 Å². The van der Waals surface area contributed by atoms with Gasteiger partial charge >= 0.3 is 0 Å².